The van der Waals surface area contributed by atoms with Crippen molar-refractivity contribution in [3.8, 4) is 0 Å². The molecule has 2 N–H and O–H groups in total. The van der Waals surface area contributed by atoms with Crippen LogP contribution < -0.4 is 10.0 Å². The van der Waals surface area contributed by atoms with Crippen molar-refractivity contribution in [3.05, 3.63) is 71.9 Å². The Morgan fingerprint density at radius 3 is 2.41 bits per heavy atom. The van der Waals surface area contributed by atoms with Gasteiger partial charge in [0, 0.05) is 18.1 Å². The molecule has 0 spiro atoms. The molecule has 1 amide bonds. The van der Waals surface area contributed by atoms with Crippen molar-refractivity contribution in [1.29, 1.82) is 0 Å². The maximum Gasteiger partial charge on any atom is 0.243 e. The fourth-order valence-electron chi connectivity index (χ4n) is 3.02. The Morgan fingerprint density at radius 1 is 1.03 bits per heavy atom. The Morgan fingerprint density at radius 2 is 1.72 bits per heavy atom. The number of hydrogen-bond donors (Lipinski definition) is 2. The second kappa shape index (κ2) is 8.71. The summed E-state index contributed by atoms with van der Waals surface area (Å²) in [5, 5.41) is 3.55. The molecule has 1 atom stereocenters. The standard InChI is InChI=1S/C22H25N3O3S/c1-15(2)20(22(26)24-14-17-11-9-16(3)10-12-17)25-29(27,28)19-8-4-6-18-7-5-13-23-21(18)19/h4-13,15,20,25H,14H2,1-3H3,(H,24,26). The van der Waals surface area contributed by atoms with Crippen LogP contribution in [0, 0.1) is 12.8 Å². The van der Waals surface area contributed by atoms with Crippen LogP contribution in [0.2, 0.25) is 0 Å². The molecule has 6 nitrogen and oxygen atoms in total. The number of benzene rings is 2. The molecule has 0 saturated carbocycles. The number of aryl methyl sites for hydroxylation is 1. The normalized spacial score (nSPS) is 12.8. The first-order chi connectivity index (χ1) is 13.8. The number of nitrogens with one attached hydrogen (secondary N) is 2. The number of carbonyl (C=O) groups excluding carboxylic acids is 1. The zero-order valence-electron chi connectivity index (χ0n) is 16.7. The van der Waals surface area contributed by atoms with Crippen LogP contribution in [0.25, 0.3) is 10.9 Å². The summed E-state index contributed by atoms with van der Waals surface area (Å²) in [5.74, 6) is -0.594. The van der Waals surface area contributed by atoms with Crippen LogP contribution in [0.3, 0.4) is 0 Å². The van der Waals surface area contributed by atoms with Crippen molar-refractivity contribution in [2.24, 2.45) is 5.92 Å². The van der Waals surface area contributed by atoms with Gasteiger partial charge in [0.2, 0.25) is 15.9 Å². The molecule has 152 valence electrons. The molecule has 0 aliphatic heterocycles. The maximum absolute atomic E-state index is 13.0. The van der Waals surface area contributed by atoms with E-state index >= 15 is 0 Å². The Kier molecular flexibility index (Phi) is 6.30. The monoisotopic (exact) mass is 411 g/mol. The molecule has 0 radical (unpaired) electrons. The summed E-state index contributed by atoms with van der Waals surface area (Å²) in [4.78, 5) is 17.0. The molecule has 0 fully saturated rings. The zero-order chi connectivity index (χ0) is 21.0. The summed E-state index contributed by atoms with van der Waals surface area (Å²) in [6.07, 6.45) is 1.55. The molecule has 7 heteroatoms. The predicted octanol–water partition coefficient (Wildman–Crippen LogP) is 3.16. The first kappa shape index (κ1) is 21.0. The molecule has 1 unspecified atom stereocenters. The zero-order valence-corrected chi connectivity index (χ0v) is 17.5. The van der Waals surface area contributed by atoms with Gasteiger partial charge in [-0.05, 0) is 30.5 Å². The van der Waals surface area contributed by atoms with Gasteiger partial charge < -0.3 is 5.32 Å². The first-order valence-electron chi connectivity index (χ1n) is 9.47. The number of fused-ring (bicyclic) bond motifs is 1. The molecule has 2 aromatic carbocycles. The number of amides is 1. The van der Waals surface area contributed by atoms with Crippen molar-refractivity contribution < 1.29 is 13.2 Å². The van der Waals surface area contributed by atoms with E-state index in [1.807, 2.05) is 31.2 Å². The van der Waals surface area contributed by atoms with E-state index in [0.717, 1.165) is 16.5 Å². The number of nitrogens with zero attached hydrogens (tertiary/aromatic N) is 1. The summed E-state index contributed by atoms with van der Waals surface area (Å²) >= 11 is 0. The second-order valence-corrected chi connectivity index (χ2v) is 9.06. The molecule has 29 heavy (non-hydrogen) atoms. The van der Waals surface area contributed by atoms with Crippen LogP contribution >= 0.6 is 0 Å². The van der Waals surface area contributed by atoms with Crippen LogP contribution in [-0.4, -0.2) is 25.4 Å². The maximum atomic E-state index is 13.0. The Bertz CT molecular complexity index is 1100. The van der Waals surface area contributed by atoms with Gasteiger partial charge in [0.1, 0.15) is 10.9 Å². The number of para-hydroxylation sites is 1. The lowest BCUT2D eigenvalue weighted by Crippen LogP contribution is -2.49. The van der Waals surface area contributed by atoms with E-state index in [4.69, 9.17) is 0 Å². The number of carbonyl (C=O) groups is 1. The van der Waals surface area contributed by atoms with Gasteiger partial charge in [-0.25, -0.2) is 8.42 Å². The smallest absolute Gasteiger partial charge is 0.243 e. The van der Waals surface area contributed by atoms with Gasteiger partial charge in [-0.2, -0.15) is 4.72 Å². The van der Waals surface area contributed by atoms with Gasteiger partial charge in [0.05, 0.1) is 5.52 Å². The molecule has 0 aliphatic carbocycles. The third-order valence-corrected chi connectivity index (χ3v) is 6.18. The SMILES string of the molecule is Cc1ccc(CNC(=O)C(NS(=O)(=O)c2cccc3cccnc23)C(C)C)cc1. The van der Waals surface area contributed by atoms with E-state index in [1.165, 1.54) is 6.07 Å². The molecule has 3 rings (SSSR count). The van der Waals surface area contributed by atoms with Gasteiger partial charge in [0.25, 0.3) is 0 Å². The summed E-state index contributed by atoms with van der Waals surface area (Å²) in [6, 6.07) is 15.4. The van der Waals surface area contributed by atoms with E-state index in [-0.39, 0.29) is 16.7 Å². The third-order valence-electron chi connectivity index (χ3n) is 4.70. The molecule has 1 aromatic heterocycles. The molecule has 3 aromatic rings. The van der Waals surface area contributed by atoms with Gasteiger partial charge >= 0.3 is 0 Å². The first-order valence-corrected chi connectivity index (χ1v) is 11.0. The minimum atomic E-state index is -3.94. The highest BCUT2D eigenvalue weighted by Crippen LogP contribution is 2.21. The van der Waals surface area contributed by atoms with Crippen molar-refractivity contribution in [3.63, 3.8) is 0 Å². The quantitative estimate of drug-likeness (QED) is 0.625. The van der Waals surface area contributed by atoms with E-state index < -0.39 is 16.1 Å². The van der Waals surface area contributed by atoms with Gasteiger partial charge in [-0.15, -0.1) is 0 Å². The predicted molar refractivity (Wildman–Crippen MR) is 114 cm³/mol. The van der Waals surface area contributed by atoms with Gasteiger partial charge in [-0.3, -0.25) is 9.78 Å². The molecule has 0 saturated heterocycles. The lowest BCUT2D eigenvalue weighted by Gasteiger charge is -2.22. The van der Waals surface area contributed by atoms with Crippen molar-refractivity contribution >= 4 is 26.8 Å². The molecular formula is C22H25N3O3S. The van der Waals surface area contributed by atoms with Crippen LogP contribution in [0.5, 0.6) is 0 Å². The summed E-state index contributed by atoms with van der Waals surface area (Å²) in [5.41, 5.74) is 2.47. The number of aromatic nitrogens is 1. The highest BCUT2D eigenvalue weighted by Gasteiger charge is 2.29. The van der Waals surface area contributed by atoms with E-state index in [0.29, 0.717) is 12.1 Å². The second-order valence-electron chi connectivity index (χ2n) is 7.38. The number of rotatable bonds is 7. The summed E-state index contributed by atoms with van der Waals surface area (Å²) < 4.78 is 28.7. The topological polar surface area (TPSA) is 88.2 Å². The Labute approximate surface area is 171 Å². The van der Waals surface area contributed by atoms with Crippen LogP contribution in [0.1, 0.15) is 25.0 Å². The number of hydrogen-bond acceptors (Lipinski definition) is 4. The Hall–Kier alpha value is -2.77. The van der Waals surface area contributed by atoms with Crippen molar-refractivity contribution in [1.82, 2.24) is 15.0 Å². The average Bonchev–Trinajstić information content (AvgIpc) is 2.70. The third kappa shape index (κ3) is 4.99. The fraction of sp³-hybridized carbons (Fsp3) is 0.273. The molecule has 0 bridgehead atoms. The van der Waals surface area contributed by atoms with Crippen LogP contribution in [0.15, 0.2) is 65.7 Å². The fourth-order valence-corrected chi connectivity index (χ4v) is 4.54. The van der Waals surface area contributed by atoms with E-state index in [1.54, 1.807) is 44.3 Å². The van der Waals surface area contributed by atoms with E-state index in [9.17, 15) is 13.2 Å². The summed E-state index contributed by atoms with van der Waals surface area (Å²) in [6.45, 7) is 5.94. The van der Waals surface area contributed by atoms with E-state index in [2.05, 4.69) is 15.0 Å². The lowest BCUT2D eigenvalue weighted by molar-refractivity contribution is -0.123. The van der Waals surface area contributed by atoms with Gasteiger partial charge in [0.15, 0.2) is 0 Å². The highest BCUT2D eigenvalue weighted by atomic mass is 32.2. The number of pyridine rings is 1. The minimum Gasteiger partial charge on any atom is -0.351 e. The molecule has 1 heterocycles. The average molecular weight is 412 g/mol. The number of sulfonamides is 1. The minimum absolute atomic E-state index is 0.0626. The van der Waals surface area contributed by atoms with Crippen molar-refractivity contribution in [2.75, 3.05) is 0 Å². The molecule has 0 aliphatic rings. The summed E-state index contributed by atoms with van der Waals surface area (Å²) in [7, 11) is -3.94. The Balaban J connectivity index is 1.80. The van der Waals surface area contributed by atoms with Crippen molar-refractivity contribution in [2.45, 2.75) is 38.3 Å². The van der Waals surface area contributed by atoms with Crippen LogP contribution in [0.4, 0.5) is 0 Å². The lowest BCUT2D eigenvalue weighted by atomic mass is 10.0. The highest BCUT2D eigenvalue weighted by molar-refractivity contribution is 7.89. The molecular weight excluding hydrogens is 386 g/mol. The van der Waals surface area contributed by atoms with Gasteiger partial charge in [-0.1, -0.05) is 61.9 Å². The largest absolute Gasteiger partial charge is 0.351 e. The van der Waals surface area contributed by atoms with Crippen LogP contribution in [-0.2, 0) is 21.4 Å².